The van der Waals surface area contributed by atoms with Gasteiger partial charge in [-0.05, 0) is 38.7 Å². The predicted octanol–water partition coefficient (Wildman–Crippen LogP) is 1.78. The zero-order valence-electron chi connectivity index (χ0n) is 12.5. The van der Waals surface area contributed by atoms with E-state index in [-0.39, 0.29) is 0 Å². The summed E-state index contributed by atoms with van der Waals surface area (Å²) in [5, 5.41) is 3.06. The van der Waals surface area contributed by atoms with Crippen LogP contribution in [0.1, 0.15) is 41.1 Å². The van der Waals surface area contributed by atoms with Crippen molar-refractivity contribution in [2.24, 2.45) is 5.73 Å². The Hall–Kier alpha value is -2.15. The van der Waals surface area contributed by atoms with Gasteiger partial charge in [-0.25, -0.2) is 4.79 Å². The quantitative estimate of drug-likeness (QED) is 0.637. The third-order valence-corrected chi connectivity index (χ3v) is 4.38. The van der Waals surface area contributed by atoms with Crippen LogP contribution in [0.3, 0.4) is 0 Å². The number of nitrogens with one attached hydrogen (secondary N) is 1. The first-order valence-electron chi connectivity index (χ1n) is 6.94. The number of hydrogen-bond acceptors (Lipinski definition) is 5. The Morgan fingerprint density at radius 3 is 2.68 bits per heavy atom. The number of ether oxygens (including phenoxy) is 1. The van der Waals surface area contributed by atoms with E-state index in [1.165, 1.54) is 17.4 Å². The van der Waals surface area contributed by atoms with Crippen molar-refractivity contribution in [2.45, 2.75) is 33.1 Å². The smallest absolute Gasteiger partial charge is 0.331 e. The normalized spacial score (nSPS) is 12.5. The third-order valence-electron chi connectivity index (χ3n) is 3.17. The molecule has 0 fully saturated rings. The van der Waals surface area contributed by atoms with Crippen molar-refractivity contribution in [3.63, 3.8) is 0 Å². The van der Waals surface area contributed by atoms with E-state index in [1.54, 1.807) is 13.8 Å². The molecule has 118 valence electrons. The molecule has 7 heteroatoms. The molecular formula is C15H18N2O4S. The average molecular weight is 322 g/mol. The second kappa shape index (κ2) is 6.74. The topological polar surface area (TPSA) is 98.5 Å². The van der Waals surface area contributed by atoms with Gasteiger partial charge in [-0.15, -0.1) is 11.3 Å². The Balaban J connectivity index is 2.02. The van der Waals surface area contributed by atoms with E-state index in [1.807, 2.05) is 0 Å². The molecule has 0 saturated carbocycles. The van der Waals surface area contributed by atoms with Gasteiger partial charge in [0, 0.05) is 11.0 Å². The summed E-state index contributed by atoms with van der Waals surface area (Å²) in [7, 11) is 0. The van der Waals surface area contributed by atoms with Crippen LogP contribution in [-0.2, 0) is 27.2 Å². The fraction of sp³-hybridized carbons (Fsp3) is 0.400. The van der Waals surface area contributed by atoms with Crippen LogP contribution >= 0.6 is 11.3 Å². The van der Waals surface area contributed by atoms with Crippen LogP contribution in [0.4, 0.5) is 5.00 Å². The first-order chi connectivity index (χ1) is 10.4. The van der Waals surface area contributed by atoms with Gasteiger partial charge >= 0.3 is 5.97 Å². The molecule has 0 radical (unpaired) electrons. The number of nitrogens with two attached hydrogens (primary N) is 1. The first-order valence-corrected chi connectivity index (χ1v) is 7.76. The summed E-state index contributed by atoms with van der Waals surface area (Å²) < 4.78 is 4.83. The molecule has 1 heterocycles. The molecule has 0 aromatic carbocycles. The van der Waals surface area contributed by atoms with E-state index >= 15 is 0 Å². The Morgan fingerprint density at radius 2 is 2.05 bits per heavy atom. The van der Waals surface area contributed by atoms with Gasteiger partial charge in [-0.2, -0.15) is 0 Å². The molecule has 3 N–H and O–H groups in total. The van der Waals surface area contributed by atoms with Crippen molar-refractivity contribution in [3.8, 4) is 0 Å². The molecule has 1 aliphatic rings. The number of thiophene rings is 1. The largest absolute Gasteiger partial charge is 0.452 e. The van der Waals surface area contributed by atoms with Crippen molar-refractivity contribution in [1.29, 1.82) is 0 Å². The highest BCUT2D eigenvalue weighted by atomic mass is 32.1. The highest BCUT2D eigenvalue weighted by molar-refractivity contribution is 7.17. The van der Waals surface area contributed by atoms with E-state index in [2.05, 4.69) is 5.32 Å². The second-order valence-electron chi connectivity index (χ2n) is 5.30. The van der Waals surface area contributed by atoms with Crippen molar-refractivity contribution < 1.29 is 19.1 Å². The van der Waals surface area contributed by atoms with Gasteiger partial charge in [-0.3, -0.25) is 9.59 Å². The maximum atomic E-state index is 11.8. The third kappa shape index (κ3) is 3.73. The lowest BCUT2D eigenvalue weighted by Crippen LogP contribution is -2.22. The summed E-state index contributed by atoms with van der Waals surface area (Å²) in [6.07, 6.45) is 4.00. The first kappa shape index (κ1) is 16.2. The van der Waals surface area contributed by atoms with Gasteiger partial charge in [0.15, 0.2) is 6.61 Å². The Kier molecular flexibility index (Phi) is 4.97. The number of primary amides is 1. The van der Waals surface area contributed by atoms with E-state index in [4.69, 9.17) is 10.5 Å². The molecule has 0 bridgehead atoms. The van der Waals surface area contributed by atoms with Gasteiger partial charge < -0.3 is 15.8 Å². The van der Waals surface area contributed by atoms with Crippen LogP contribution in [0, 0.1) is 0 Å². The molecule has 0 spiro atoms. The molecule has 0 saturated heterocycles. The number of carbonyl (C=O) groups is 3. The zero-order chi connectivity index (χ0) is 16.3. The number of aryl methyl sites for hydroxylation is 1. The van der Waals surface area contributed by atoms with Gasteiger partial charge in [0.05, 0.1) is 5.56 Å². The van der Waals surface area contributed by atoms with E-state index in [0.29, 0.717) is 10.6 Å². The maximum absolute atomic E-state index is 11.8. The molecule has 22 heavy (non-hydrogen) atoms. The number of carbonyl (C=O) groups excluding carboxylic acids is 3. The van der Waals surface area contributed by atoms with Gasteiger partial charge in [0.1, 0.15) is 5.00 Å². The highest BCUT2D eigenvalue weighted by Crippen LogP contribution is 2.38. The number of anilines is 1. The average Bonchev–Trinajstić information content (AvgIpc) is 2.95. The van der Waals surface area contributed by atoms with Gasteiger partial charge in [0.25, 0.3) is 11.8 Å². The van der Waals surface area contributed by atoms with Crippen molar-refractivity contribution in [1.82, 2.24) is 0 Å². The van der Waals surface area contributed by atoms with E-state index in [9.17, 15) is 14.4 Å². The number of fused-ring (bicyclic) bond motifs is 1. The van der Waals surface area contributed by atoms with Crippen LogP contribution in [0.15, 0.2) is 11.6 Å². The summed E-state index contributed by atoms with van der Waals surface area (Å²) in [5.74, 6) is -1.60. The molecule has 1 aromatic heterocycles. The summed E-state index contributed by atoms with van der Waals surface area (Å²) in [6.45, 7) is 3.12. The fourth-order valence-corrected chi connectivity index (χ4v) is 3.64. The second-order valence-corrected chi connectivity index (χ2v) is 6.41. The number of rotatable bonds is 5. The minimum absolute atomic E-state index is 0.390. The summed E-state index contributed by atoms with van der Waals surface area (Å²) in [6, 6.07) is 0. The molecule has 0 unspecified atom stereocenters. The standard InChI is InChI=1S/C15H18N2O4S/c1-8(2)6-12(19)21-7-11(18)17-15-13(14(16)20)9-4-3-5-10(9)22-15/h6H,3-5,7H2,1-2H3,(H2,16,20)(H,17,18). The Bertz CT molecular complexity index is 657. The van der Waals surface area contributed by atoms with Crippen LogP contribution < -0.4 is 11.1 Å². The molecule has 0 atom stereocenters. The monoisotopic (exact) mass is 322 g/mol. The van der Waals surface area contributed by atoms with Crippen LogP contribution in [0.25, 0.3) is 0 Å². The minimum atomic E-state index is -0.570. The van der Waals surface area contributed by atoms with Crippen molar-refractivity contribution in [2.75, 3.05) is 11.9 Å². The molecular weight excluding hydrogens is 304 g/mol. The molecule has 0 aliphatic heterocycles. The SMILES string of the molecule is CC(C)=CC(=O)OCC(=O)Nc1sc2c(c1C(N)=O)CCC2. The lowest BCUT2D eigenvalue weighted by atomic mass is 10.1. The zero-order valence-corrected chi connectivity index (χ0v) is 13.3. The van der Waals surface area contributed by atoms with Crippen molar-refractivity contribution in [3.05, 3.63) is 27.7 Å². The lowest BCUT2D eigenvalue weighted by molar-refractivity contribution is -0.142. The van der Waals surface area contributed by atoms with Crippen molar-refractivity contribution >= 4 is 34.1 Å². The minimum Gasteiger partial charge on any atom is -0.452 e. The molecule has 1 aromatic rings. The highest BCUT2D eigenvalue weighted by Gasteiger charge is 2.26. The molecule has 2 amide bonds. The summed E-state index contributed by atoms with van der Waals surface area (Å²) >= 11 is 1.36. The Labute approximate surface area is 132 Å². The fourth-order valence-electron chi connectivity index (χ4n) is 2.33. The van der Waals surface area contributed by atoms with Gasteiger partial charge in [0.2, 0.25) is 0 Å². The summed E-state index contributed by atoms with van der Waals surface area (Å²) in [4.78, 5) is 35.9. The predicted molar refractivity (Wildman–Crippen MR) is 83.9 cm³/mol. The van der Waals surface area contributed by atoms with Crippen LogP contribution in [0.5, 0.6) is 0 Å². The van der Waals surface area contributed by atoms with E-state index in [0.717, 1.165) is 35.3 Å². The molecule has 2 rings (SSSR count). The summed E-state index contributed by atoms with van der Waals surface area (Å²) in [5.41, 5.74) is 7.53. The van der Waals surface area contributed by atoms with Gasteiger partial charge in [-0.1, -0.05) is 5.57 Å². The molecule has 6 nitrogen and oxygen atoms in total. The van der Waals surface area contributed by atoms with Crippen LogP contribution in [0.2, 0.25) is 0 Å². The Morgan fingerprint density at radius 1 is 1.32 bits per heavy atom. The number of amides is 2. The number of hydrogen-bond donors (Lipinski definition) is 2. The van der Waals surface area contributed by atoms with E-state index < -0.39 is 24.4 Å². The number of esters is 1. The molecule has 1 aliphatic carbocycles. The van der Waals surface area contributed by atoms with Crippen LogP contribution in [-0.4, -0.2) is 24.4 Å². The number of allylic oxidation sites excluding steroid dienone is 1. The maximum Gasteiger partial charge on any atom is 0.331 e. The lowest BCUT2D eigenvalue weighted by Gasteiger charge is -2.06.